The molecule has 7 nitrogen and oxygen atoms in total. The minimum Gasteiger partial charge on any atom is -0.507 e. The zero-order valence-electron chi connectivity index (χ0n) is 15.9. The fourth-order valence-electron chi connectivity index (χ4n) is 2.75. The van der Waals surface area contributed by atoms with E-state index in [1.165, 1.54) is 4.68 Å². The molecule has 0 aliphatic heterocycles. The predicted octanol–water partition coefficient (Wildman–Crippen LogP) is 3.95. The van der Waals surface area contributed by atoms with Crippen LogP contribution in [0, 0.1) is 4.77 Å². The van der Waals surface area contributed by atoms with Gasteiger partial charge in [-0.05, 0) is 50.3 Å². The molecule has 146 valence electrons. The molecule has 8 heteroatoms. The first-order chi connectivity index (χ1) is 13.6. The molecule has 0 unspecified atom stereocenters. The summed E-state index contributed by atoms with van der Waals surface area (Å²) in [5.41, 5.74) is 1.56. The Hall–Kier alpha value is -3.13. The summed E-state index contributed by atoms with van der Waals surface area (Å²) in [6.45, 7) is 6.11. The van der Waals surface area contributed by atoms with E-state index in [4.69, 9.17) is 17.0 Å². The van der Waals surface area contributed by atoms with E-state index in [0.29, 0.717) is 16.2 Å². The van der Waals surface area contributed by atoms with Crippen LogP contribution in [0.5, 0.6) is 11.5 Å². The summed E-state index contributed by atoms with van der Waals surface area (Å²) < 4.78 is 7.54. The quantitative estimate of drug-likeness (QED) is 0.444. The Morgan fingerprint density at radius 2 is 1.96 bits per heavy atom. The smallest absolute Gasteiger partial charge is 0.216 e. The maximum absolute atomic E-state index is 10.3. The Morgan fingerprint density at radius 1 is 1.21 bits per heavy atom. The average Bonchev–Trinajstić information content (AvgIpc) is 3.07. The number of anilines is 1. The van der Waals surface area contributed by atoms with Gasteiger partial charge in [0.25, 0.3) is 0 Å². The first-order valence-corrected chi connectivity index (χ1v) is 9.49. The van der Waals surface area contributed by atoms with Crippen molar-refractivity contribution in [2.24, 2.45) is 5.10 Å². The maximum Gasteiger partial charge on any atom is 0.216 e. The van der Waals surface area contributed by atoms with Crippen molar-refractivity contribution in [3.05, 3.63) is 64.7 Å². The van der Waals surface area contributed by atoms with Gasteiger partial charge in [-0.25, -0.2) is 5.10 Å². The monoisotopic (exact) mass is 397 g/mol. The van der Waals surface area contributed by atoms with Crippen LogP contribution in [-0.2, 0) is 6.61 Å². The standard InChI is InChI=1S/C20H23N5O2S/c1-3-24(4-2)16-11-10-15(18(26)12-16)13-21-25-19(22-23-20(25)28)14-27-17-8-6-5-7-9-17/h5-13,26H,3-4,14H2,1-2H3,(H,23,28)/b21-13-. The number of nitrogens with zero attached hydrogens (tertiary/aromatic N) is 4. The molecule has 0 aliphatic carbocycles. The summed E-state index contributed by atoms with van der Waals surface area (Å²) in [4.78, 5) is 2.16. The molecular formula is C20H23N5O2S. The Labute approximate surface area is 168 Å². The third kappa shape index (κ3) is 4.58. The van der Waals surface area contributed by atoms with Gasteiger partial charge in [-0.2, -0.15) is 14.9 Å². The van der Waals surface area contributed by atoms with Gasteiger partial charge in [0, 0.05) is 30.4 Å². The van der Waals surface area contributed by atoms with Crippen LogP contribution in [-0.4, -0.2) is 39.3 Å². The molecule has 0 saturated heterocycles. The molecule has 2 N–H and O–H groups in total. The summed E-state index contributed by atoms with van der Waals surface area (Å²) in [6.07, 6.45) is 1.55. The number of aromatic amines is 1. The number of ether oxygens (including phenoxy) is 1. The highest BCUT2D eigenvalue weighted by atomic mass is 32.1. The molecule has 0 saturated carbocycles. The molecule has 3 aromatic rings. The summed E-state index contributed by atoms with van der Waals surface area (Å²) in [7, 11) is 0. The van der Waals surface area contributed by atoms with Crippen molar-refractivity contribution in [1.82, 2.24) is 14.9 Å². The van der Waals surface area contributed by atoms with E-state index in [1.807, 2.05) is 42.5 Å². The van der Waals surface area contributed by atoms with Crippen LogP contribution in [0.25, 0.3) is 0 Å². The van der Waals surface area contributed by atoms with Gasteiger partial charge in [-0.1, -0.05) is 18.2 Å². The average molecular weight is 398 g/mol. The maximum atomic E-state index is 10.3. The number of hydrogen-bond donors (Lipinski definition) is 2. The van der Waals surface area contributed by atoms with Gasteiger partial charge in [-0.3, -0.25) is 0 Å². The van der Waals surface area contributed by atoms with E-state index in [9.17, 15) is 5.11 Å². The third-order valence-corrected chi connectivity index (χ3v) is 4.55. The molecule has 0 radical (unpaired) electrons. The van der Waals surface area contributed by atoms with Gasteiger partial charge in [0.15, 0.2) is 5.82 Å². The van der Waals surface area contributed by atoms with Crippen LogP contribution in [0.3, 0.4) is 0 Å². The lowest BCUT2D eigenvalue weighted by Gasteiger charge is -2.21. The summed E-state index contributed by atoms with van der Waals surface area (Å²) in [6, 6.07) is 15.0. The second-order valence-corrected chi connectivity index (χ2v) is 6.41. The zero-order chi connectivity index (χ0) is 19.9. The number of rotatable bonds is 8. The van der Waals surface area contributed by atoms with E-state index >= 15 is 0 Å². The van der Waals surface area contributed by atoms with Crippen molar-refractivity contribution in [3.63, 3.8) is 0 Å². The van der Waals surface area contributed by atoms with Crippen LogP contribution >= 0.6 is 12.2 Å². The highest BCUT2D eigenvalue weighted by molar-refractivity contribution is 7.71. The molecule has 3 rings (SSSR count). The molecule has 0 aliphatic rings. The van der Waals surface area contributed by atoms with Gasteiger partial charge in [0.2, 0.25) is 4.77 Å². The second-order valence-electron chi connectivity index (χ2n) is 6.02. The lowest BCUT2D eigenvalue weighted by Crippen LogP contribution is -2.21. The highest BCUT2D eigenvalue weighted by Gasteiger charge is 2.08. The number of benzene rings is 2. The Kier molecular flexibility index (Phi) is 6.44. The zero-order valence-corrected chi connectivity index (χ0v) is 16.7. The fourth-order valence-corrected chi connectivity index (χ4v) is 2.95. The van der Waals surface area contributed by atoms with Crippen LogP contribution in [0.15, 0.2) is 53.6 Å². The number of phenols is 1. The topological polar surface area (TPSA) is 78.7 Å². The molecule has 0 atom stereocenters. The molecular weight excluding hydrogens is 374 g/mol. The lowest BCUT2D eigenvalue weighted by molar-refractivity contribution is 0.290. The molecule has 0 amide bonds. The van der Waals surface area contributed by atoms with Crippen molar-refractivity contribution >= 4 is 24.1 Å². The molecule has 1 heterocycles. The van der Waals surface area contributed by atoms with Gasteiger partial charge in [-0.15, -0.1) is 0 Å². The number of para-hydroxylation sites is 1. The SMILES string of the molecule is CCN(CC)c1ccc(/C=N\n2c(COc3ccccc3)n[nH]c2=S)c(O)c1. The van der Waals surface area contributed by atoms with Crippen LogP contribution in [0.2, 0.25) is 0 Å². The summed E-state index contributed by atoms with van der Waals surface area (Å²) in [5, 5.41) is 21.6. The summed E-state index contributed by atoms with van der Waals surface area (Å²) >= 11 is 5.24. The molecule has 0 fully saturated rings. The van der Waals surface area contributed by atoms with Gasteiger partial charge in [0.05, 0.1) is 6.21 Å². The van der Waals surface area contributed by atoms with Crippen molar-refractivity contribution in [2.45, 2.75) is 20.5 Å². The largest absolute Gasteiger partial charge is 0.507 e. The Balaban J connectivity index is 1.77. The lowest BCUT2D eigenvalue weighted by atomic mass is 10.2. The second kappa shape index (κ2) is 9.18. The van der Waals surface area contributed by atoms with Gasteiger partial charge < -0.3 is 14.7 Å². The number of hydrogen-bond acceptors (Lipinski definition) is 6. The van der Waals surface area contributed by atoms with Crippen molar-refractivity contribution in [1.29, 1.82) is 0 Å². The van der Waals surface area contributed by atoms with E-state index < -0.39 is 0 Å². The van der Waals surface area contributed by atoms with Gasteiger partial charge in [0.1, 0.15) is 18.1 Å². The van der Waals surface area contributed by atoms with Crippen molar-refractivity contribution in [2.75, 3.05) is 18.0 Å². The van der Waals surface area contributed by atoms with E-state index in [-0.39, 0.29) is 12.4 Å². The van der Waals surface area contributed by atoms with Crippen LogP contribution in [0.1, 0.15) is 25.2 Å². The number of aromatic hydroxyl groups is 1. The Morgan fingerprint density at radius 3 is 2.64 bits per heavy atom. The molecule has 2 aromatic carbocycles. The van der Waals surface area contributed by atoms with E-state index in [2.05, 4.69) is 34.0 Å². The molecule has 0 bridgehead atoms. The third-order valence-electron chi connectivity index (χ3n) is 4.28. The van der Waals surface area contributed by atoms with Crippen LogP contribution in [0.4, 0.5) is 5.69 Å². The first-order valence-electron chi connectivity index (χ1n) is 9.08. The highest BCUT2D eigenvalue weighted by Crippen LogP contribution is 2.23. The first kappa shape index (κ1) is 19.6. The van der Waals surface area contributed by atoms with Crippen molar-refractivity contribution in [3.8, 4) is 11.5 Å². The Bertz CT molecular complexity index is 993. The van der Waals surface area contributed by atoms with E-state index in [0.717, 1.165) is 24.5 Å². The molecule has 1 aromatic heterocycles. The minimum atomic E-state index is 0.158. The molecule has 0 spiro atoms. The van der Waals surface area contributed by atoms with Crippen molar-refractivity contribution < 1.29 is 9.84 Å². The summed E-state index contributed by atoms with van der Waals surface area (Å²) in [5.74, 6) is 1.42. The number of nitrogens with one attached hydrogen (secondary N) is 1. The minimum absolute atomic E-state index is 0.158. The number of phenolic OH excluding ortho intramolecular Hbond substituents is 1. The predicted molar refractivity (Wildman–Crippen MR) is 113 cm³/mol. The number of aromatic nitrogens is 3. The normalized spacial score (nSPS) is 11.1. The number of H-pyrrole nitrogens is 1. The van der Waals surface area contributed by atoms with Gasteiger partial charge >= 0.3 is 0 Å². The molecule has 28 heavy (non-hydrogen) atoms. The van der Waals surface area contributed by atoms with Crippen LogP contribution < -0.4 is 9.64 Å². The fraction of sp³-hybridized carbons (Fsp3) is 0.250. The van der Waals surface area contributed by atoms with E-state index in [1.54, 1.807) is 12.3 Å².